The number of hydrogen-bond acceptors (Lipinski definition) is 5. The Balaban J connectivity index is 1.64. The molecule has 1 saturated heterocycles. The molecule has 0 bridgehead atoms. The van der Waals surface area contributed by atoms with Gasteiger partial charge in [0.25, 0.3) is 5.91 Å². The van der Waals surface area contributed by atoms with Crippen LogP contribution in [-0.2, 0) is 0 Å². The van der Waals surface area contributed by atoms with E-state index in [1.807, 2.05) is 45.1 Å². The molecule has 148 valence electrons. The Kier molecular flexibility index (Phi) is 5.12. The fraction of sp³-hybridized carbons (Fsp3) is 0.429. The van der Waals surface area contributed by atoms with Crippen molar-refractivity contribution in [2.24, 2.45) is 5.41 Å². The van der Waals surface area contributed by atoms with Crippen LogP contribution >= 0.6 is 11.3 Å². The number of ether oxygens (including phenoxy) is 1. The van der Waals surface area contributed by atoms with Crippen LogP contribution < -0.4 is 4.74 Å². The van der Waals surface area contributed by atoms with Gasteiger partial charge < -0.3 is 14.7 Å². The molecule has 1 aromatic carbocycles. The number of thiazole rings is 1. The Hall–Kier alpha value is -2.38. The second-order valence-electron chi connectivity index (χ2n) is 7.47. The molecule has 0 spiro atoms. The lowest BCUT2D eigenvalue weighted by Crippen LogP contribution is -2.47. The maximum atomic E-state index is 13.2. The highest BCUT2D eigenvalue weighted by Gasteiger charge is 2.36. The summed E-state index contributed by atoms with van der Waals surface area (Å²) in [6.07, 6.45) is 4.68. The van der Waals surface area contributed by atoms with E-state index in [1.165, 1.54) is 11.3 Å². The summed E-state index contributed by atoms with van der Waals surface area (Å²) >= 11 is 1.47. The van der Waals surface area contributed by atoms with Crippen LogP contribution in [0.15, 0.2) is 35.8 Å². The van der Waals surface area contributed by atoms with E-state index in [4.69, 9.17) is 4.74 Å². The first-order valence-electron chi connectivity index (χ1n) is 9.60. The van der Waals surface area contributed by atoms with E-state index in [1.54, 1.807) is 7.11 Å². The van der Waals surface area contributed by atoms with Gasteiger partial charge in [0, 0.05) is 35.6 Å². The third kappa shape index (κ3) is 3.29. The molecule has 1 fully saturated rings. The van der Waals surface area contributed by atoms with E-state index < -0.39 is 0 Å². The lowest BCUT2D eigenvalue weighted by molar-refractivity contribution is 0.0248. The van der Waals surface area contributed by atoms with E-state index in [0.29, 0.717) is 12.2 Å². The van der Waals surface area contributed by atoms with Crippen LogP contribution in [0.3, 0.4) is 0 Å². The average Bonchev–Trinajstić information content (AvgIpc) is 3.34. The molecule has 1 atom stereocenters. The number of carbonyl (C=O) groups is 1. The van der Waals surface area contributed by atoms with Gasteiger partial charge >= 0.3 is 0 Å². The predicted octanol–water partition coefficient (Wildman–Crippen LogP) is 3.70. The molecule has 0 saturated carbocycles. The van der Waals surface area contributed by atoms with Gasteiger partial charge in [-0.2, -0.15) is 0 Å². The van der Waals surface area contributed by atoms with E-state index in [-0.39, 0.29) is 17.9 Å². The van der Waals surface area contributed by atoms with Crippen molar-refractivity contribution in [3.63, 3.8) is 0 Å². The standard InChI is InChI=1S/C21H25N3O3S/c1-3-21(14-25)8-5-9-23(13-21)19(26)18-12-28-20-22-17(11-24(18)20)15-6-4-7-16(10-15)27-2/h4,6-7,10-12,25H,3,5,8-9,13-14H2,1-2H3/t21-/m0/s1. The van der Waals surface area contributed by atoms with Crippen LogP contribution in [0, 0.1) is 5.41 Å². The number of likely N-dealkylation sites (tertiary alicyclic amines) is 1. The molecule has 3 heterocycles. The highest BCUT2D eigenvalue weighted by Crippen LogP contribution is 2.34. The summed E-state index contributed by atoms with van der Waals surface area (Å²) in [5.74, 6) is 0.783. The van der Waals surface area contributed by atoms with Crippen molar-refractivity contribution < 1.29 is 14.6 Å². The maximum absolute atomic E-state index is 13.2. The quantitative estimate of drug-likeness (QED) is 0.710. The number of nitrogens with zero attached hydrogens (tertiary/aromatic N) is 3. The monoisotopic (exact) mass is 399 g/mol. The minimum Gasteiger partial charge on any atom is -0.497 e. The second kappa shape index (κ2) is 7.56. The van der Waals surface area contributed by atoms with Crippen LogP contribution in [0.25, 0.3) is 16.2 Å². The van der Waals surface area contributed by atoms with E-state index in [0.717, 1.165) is 47.8 Å². The molecule has 7 heteroatoms. The summed E-state index contributed by atoms with van der Waals surface area (Å²) in [4.78, 5) is 20.6. The fourth-order valence-electron chi connectivity index (χ4n) is 3.93. The number of aromatic nitrogens is 2. The molecular formula is C21H25N3O3S. The smallest absolute Gasteiger partial charge is 0.271 e. The SMILES string of the molecule is CC[C@]1(CO)CCCN(C(=O)c2csc3nc(-c4cccc(OC)c4)cn23)C1. The molecule has 6 nitrogen and oxygen atoms in total. The Morgan fingerprint density at radius 3 is 3.04 bits per heavy atom. The van der Waals surface area contributed by atoms with E-state index >= 15 is 0 Å². The lowest BCUT2D eigenvalue weighted by Gasteiger charge is -2.41. The third-order valence-corrected chi connectivity index (χ3v) is 6.67. The summed E-state index contributed by atoms with van der Waals surface area (Å²) in [5, 5.41) is 11.7. The molecule has 28 heavy (non-hydrogen) atoms. The highest BCUT2D eigenvalue weighted by molar-refractivity contribution is 7.15. The Bertz CT molecular complexity index is 990. The number of aliphatic hydroxyl groups excluding tert-OH is 1. The molecule has 1 aliphatic heterocycles. The van der Waals surface area contributed by atoms with Crippen molar-refractivity contribution in [2.75, 3.05) is 26.8 Å². The number of fused-ring (bicyclic) bond motifs is 1. The minimum atomic E-state index is -0.177. The molecule has 1 aliphatic rings. The van der Waals surface area contributed by atoms with Gasteiger partial charge in [-0.3, -0.25) is 9.20 Å². The van der Waals surface area contributed by atoms with Crippen molar-refractivity contribution in [2.45, 2.75) is 26.2 Å². The molecule has 2 aromatic heterocycles. The van der Waals surface area contributed by atoms with Crippen LogP contribution in [-0.4, -0.2) is 52.1 Å². The zero-order chi connectivity index (χ0) is 19.7. The van der Waals surface area contributed by atoms with Crippen LogP contribution in [0.2, 0.25) is 0 Å². The Labute approximate surface area is 168 Å². The van der Waals surface area contributed by atoms with Gasteiger partial charge in [-0.1, -0.05) is 19.1 Å². The van der Waals surface area contributed by atoms with Gasteiger partial charge in [-0.15, -0.1) is 11.3 Å². The topological polar surface area (TPSA) is 67.1 Å². The summed E-state index contributed by atoms with van der Waals surface area (Å²) in [7, 11) is 1.64. The Morgan fingerprint density at radius 2 is 2.29 bits per heavy atom. The van der Waals surface area contributed by atoms with Crippen molar-refractivity contribution in [3.8, 4) is 17.0 Å². The summed E-state index contributed by atoms with van der Waals surface area (Å²) in [6, 6.07) is 7.75. The van der Waals surface area contributed by atoms with E-state index in [2.05, 4.69) is 11.9 Å². The molecule has 1 N–H and O–H groups in total. The number of methoxy groups -OCH3 is 1. The first-order valence-corrected chi connectivity index (χ1v) is 10.5. The number of amides is 1. The summed E-state index contributed by atoms with van der Waals surface area (Å²) < 4.78 is 7.18. The normalized spacial score (nSPS) is 19.9. The van der Waals surface area contributed by atoms with Gasteiger partial charge in [0.2, 0.25) is 0 Å². The number of rotatable bonds is 5. The van der Waals surface area contributed by atoms with E-state index in [9.17, 15) is 9.90 Å². The van der Waals surface area contributed by atoms with Gasteiger partial charge in [0.1, 0.15) is 11.4 Å². The average molecular weight is 400 g/mol. The number of aliphatic hydroxyl groups is 1. The largest absolute Gasteiger partial charge is 0.497 e. The molecule has 0 aliphatic carbocycles. The number of benzene rings is 1. The Morgan fingerprint density at radius 1 is 1.43 bits per heavy atom. The van der Waals surface area contributed by atoms with Crippen molar-refractivity contribution in [1.29, 1.82) is 0 Å². The van der Waals surface area contributed by atoms with Crippen LogP contribution in [0.4, 0.5) is 0 Å². The number of carbonyl (C=O) groups excluding carboxylic acids is 1. The van der Waals surface area contributed by atoms with Gasteiger partial charge in [0.05, 0.1) is 19.4 Å². The van der Waals surface area contributed by atoms with Gasteiger partial charge in [-0.05, 0) is 31.4 Å². The molecular weight excluding hydrogens is 374 g/mol. The summed E-state index contributed by atoms with van der Waals surface area (Å²) in [5.41, 5.74) is 2.23. The predicted molar refractivity (Wildman–Crippen MR) is 110 cm³/mol. The molecule has 0 unspecified atom stereocenters. The van der Waals surface area contributed by atoms with Crippen molar-refractivity contribution >= 4 is 22.2 Å². The molecule has 0 radical (unpaired) electrons. The number of hydrogen-bond donors (Lipinski definition) is 1. The lowest BCUT2D eigenvalue weighted by atomic mass is 9.78. The fourth-order valence-corrected chi connectivity index (χ4v) is 4.78. The second-order valence-corrected chi connectivity index (χ2v) is 8.31. The van der Waals surface area contributed by atoms with Crippen LogP contribution in [0.1, 0.15) is 36.7 Å². The van der Waals surface area contributed by atoms with Gasteiger partial charge in [0.15, 0.2) is 4.96 Å². The first-order chi connectivity index (χ1) is 13.6. The zero-order valence-corrected chi connectivity index (χ0v) is 17.0. The summed E-state index contributed by atoms with van der Waals surface area (Å²) in [6.45, 7) is 3.55. The number of imidazole rings is 1. The molecule has 4 rings (SSSR count). The zero-order valence-electron chi connectivity index (χ0n) is 16.2. The van der Waals surface area contributed by atoms with Crippen molar-refractivity contribution in [1.82, 2.24) is 14.3 Å². The number of piperidine rings is 1. The van der Waals surface area contributed by atoms with Crippen molar-refractivity contribution in [3.05, 3.63) is 41.5 Å². The van der Waals surface area contributed by atoms with Crippen LogP contribution in [0.5, 0.6) is 5.75 Å². The van der Waals surface area contributed by atoms with Gasteiger partial charge in [-0.25, -0.2) is 4.98 Å². The molecule has 3 aromatic rings. The maximum Gasteiger partial charge on any atom is 0.271 e. The molecule has 1 amide bonds. The minimum absolute atomic E-state index is 0.00631. The third-order valence-electron chi connectivity index (χ3n) is 5.83. The highest BCUT2D eigenvalue weighted by atomic mass is 32.1. The first kappa shape index (κ1) is 19.0.